The fraction of sp³-hybridized carbons (Fsp3) is 0.400. The van der Waals surface area contributed by atoms with Crippen LogP contribution in [-0.4, -0.2) is 48.4 Å². The highest BCUT2D eigenvalue weighted by Crippen LogP contribution is 2.25. The van der Waals surface area contributed by atoms with Gasteiger partial charge in [0.2, 0.25) is 0 Å². The summed E-state index contributed by atoms with van der Waals surface area (Å²) in [6.07, 6.45) is 8.37. The first-order chi connectivity index (χ1) is 13.1. The number of carbonyl (C=O) groups excluding carboxylic acids is 1. The molecule has 3 aromatic rings. The molecule has 0 saturated carbocycles. The number of piperidine rings is 1. The minimum atomic E-state index is 0.0439. The van der Waals surface area contributed by atoms with Crippen LogP contribution < -0.4 is 0 Å². The Kier molecular flexibility index (Phi) is 4.75. The highest BCUT2D eigenvalue weighted by atomic mass is 16.2. The van der Waals surface area contributed by atoms with E-state index < -0.39 is 0 Å². The Morgan fingerprint density at radius 1 is 1.19 bits per heavy atom. The molecule has 1 fully saturated rings. The van der Waals surface area contributed by atoms with Crippen LogP contribution in [0.5, 0.6) is 0 Å². The number of carbonyl (C=O) groups is 1. The van der Waals surface area contributed by atoms with Crippen molar-refractivity contribution < 1.29 is 4.79 Å². The predicted octanol–water partition coefficient (Wildman–Crippen LogP) is 2.40. The molecule has 1 aliphatic rings. The standard InChI is InChI=1S/C20H24N6O/c1-15-18(19(24(2)23-15)26-11-5-10-22-26)20(27)25-12-7-16(8-13-25)14-17-6-3-4-9-21-17/h3-6,9-11,16H,7-8,12-14H2,1-2H3. The van der Waals surface area contributed by atoms with Gasteiger partial charge in [-0.3, -0.25) is 9.78 Å². The quantitative estimate of drug-likeness (QED) is 0.713. The molecule has 1 aliphatic heterocycles. The Hall–Kier alpha value is -2.96. The fourth-order valence-corrected chi connectivity index (χ4v) is 3.87. The van der Waals surface area contributed by atoms with E-state index >= 15 is 0 Å². The van der Waals surface area contributed by atoms with Crippen LogP contribution in [0.25, 0.3) is 5.82 Å². The number of hydrogen-bond acceptors (Lipinski definition) is 4. The molecule has 3 aromatic heterocycles. The third kappa shape index (κ3) is 3.49. The van der Waals surface area contributed by atoms with Crippen molar-refractivity contribution in [2.24, 2.45) is 13.0 Å². The van der Waals surface area contributed by atoms with E-state index in [1.165, 1.54) is 0 Å². The number of amides is 1. The van der Waals surface area contributed by atoms with Crippen molar-refractivity contribution in [1.29, 1.82) is 0 Å². The number of rotatable bonds is 4. The fourth-order valence-electron chi connectivity index (χ4n) is 3.87. The summed E-state index contributed by atoms with van der Waals surface area (Å²) in [5, 5.41) is 8.74. The summed E-state index contributed by atoms with van der Waals surface area (Å²) in [6, 6.07) is 7.90. The lowest BCUT2D eigenvalue weighted by Crippen LogP contribution is -2.39. The molecule has 0 spiro atoms. The van der Waals surface area contributed by atoms with Crippen LogP contribution in [0, 0.1) is 12.8 Å². The second kappa shape index (κ2) is 7.34. The van der Waals surface area contributed by atoms with Crippen LogP contribution >= 0.6 is 0 Å². The van der Waals surface area contributed by atoms with Crippen LogP contribution in [0.2, 0.25) is 0 Å². The number of likely N-dealkylation sites (tertiary alicyclic amines) is 1. The summed E-state index contributed by atoms with van der Waals surface area (Å²) in [7, 11) is 1.85. The lowest BCUT2D eigenvalue weighted by molar-refractivity contribution is 0.0689. The van der Waals surface area contributed by atoms with Crippen molar-refractivity contribution in [3.05, 3.63) is 59.8 Å². The molecule has 0 N–H and O–H groups in total. The molecule has 0 aliphatic carbocycles. The molecule has 4 heterocycles. The second-order valence-corrected chi connectivity index (χ2v) is 7.12. The highest BCUT2D eigenvalue weighted by Gasteiger charge is 2.29. The molecule has 140 valence electrons. The van der Waals surface area contributed by atoms with E-state index in [-0.39, 0.29) is 5.91 Å². The number of aromatic nitrogens is 5. The van der Waals surface area contributed by atoms with Crippen molar-refractivity contribution in [2.75, 3.05) is 13.1 Å². The largest absolute Gasteiger partial charge is 0.338 e. The first kappa shape index (κ1) is 17.5. The van der Waals surface area contributed by atoms with Crippen molar-refractivity contribution in [2.45, 2.75) is 26.2 Å². The highest BCUT2D eigenvalue weighted by molar-refractivity contribution is 5.98. The maximum atomic E-state index is 13.2. The summed E-state index contributed by atoms with van der Waals surface area (Å²) >= 11 is 0. The van der Waals surface area contributed by atoms with E-state index in [9.17, 15) is 4.79 Å². The molecule has 7 heteroatoms. The van der Waals surface area contributed by atoms with E-state index in [0.717, 1.165) is 49.6 Å². The van der Waals surface area contributed by atoms with Crippen LogP contribution in [0.15, 0.2) is 42.9 Å². The van der Waals surface area contributed by atoms with Gasteiger partial charge in [-0.2, -0.15) is 10.2 Å². The molecule has 0 aromatic carbocycles. The second-order valence-electron chi connectivity index (χ2n) is 7.12. The van der Waals surface area contributed by atoms with Gasteiger partial charge in [-0.15, -0.1) is 0 Å². The Bertz CT molecular complexity index is 908. The van der Waals surface area contributed by atoms with Crippen LogP contribution in [0.3, 0.4) is 0 Å². The summed E-state index contributed by atoms with van der Waals surface area (Å²) in [5.41, 5.74) is 2.51. The molecule has 1 amide bonds. The zero-order valence-corrected chi connectivity index (χ0v) is 15.7. The van der Waals surface area contributed by atoms with Gasteiger partial charge in [-0.1, -0.05) is 6.07 Å². The summed E-state index contributed by atoms with van der Waals surface area (Å²) < 4.78 is 3.43. The maximum Gasteiger partial charge on any atom is 0.259 e. The Morgan fingerprint density at radius 3 is 2.67 bits per heavy atom. The smallest absolute Gasteiger partial charge is 0.259 e. The molecular formula is C20H24N6O. The maximum absolute atomic E-state index is 13.2. The Labute approximate surface area is 158 Å². The van der Waals surface area contributed by atoms with Crippen LogP contribution in [0.4, 0.5) is 0 Å². The normalized spacial score (nSPS) is 15.3. The SMILES string of the molecule is Cc1nn(C)c(-n2cccn2)c1C(=O)N1CCC(Cc2ccccn2)CC1. The topological polar surface area (TPSA) is 68.8 Å². The molecular weight excluding hydrogens is 340 g/mol. The summed E-state index contributed by atoms with van der Waals surface area (Å²) in [5.74, 6) is 1.34. The van der Waals surface area contributed by atoms with Gasteiger partial charge in [0.1, 0.15) is 5.56 Å². The van der Waals surface area contributed by atoms with Gasteiger partial charge in [0.25, 0.3) is 5.91 Å². The van der Waals surface area contributed by atoms with E-state index in [1.54, 1.807) is 15.6 Å². The van der Waals surface area contributed by atoms with Gasteiger partial charge in [-0.05, 0) is 50.3 Å². The van der Waals surface area contributed by atoms with Gasteiger partial charge in [0.05, 0.1) is 5.69 Å². The summed E-state index contributed by atoms with van der Waals surface area (Å²) in [6.45, 7) is 3.42. The first-order valence-electron chi connectivity index (χ1n) is 9.36. The van der Waals surface area contributed by atoms with Crippen molar-refractivity contribution in [1.82, 2.24) is 29.4 Å². The molecule has 27 heavy (non-hydrogen) atoms. The van der Waals surface area contributed by atoms with Crippen LogP contribution in [-0.2, 0) is 13.5 Å². The molecule has 0 atom stereocenters. The monoisotopic (exact) mass is 364 g/mol. The molecule has 7 nitrogen and oxygen atoms in total. The number of pyridine rings is 1. The molecule has 1 saturated heterocycles. The number of aryl methyl sites for hydroxylation is 2. The number of hydrogen-bond donors (Lipinski definition) is 0. The van der Waals surface area contributed by atoms with Crippen molar-refractivity contribution in [3.8, 4) is 5.82 Å². The van der Waals surface area contributed by atoms with Crippen molar-refractivity contribution in [3.63, 3.8) is 0 Å². The zero-order valence-electron chi connectivity index (χ0n) is 15.7. The van der Waals surface area contributed by atoms with Crippen LogP contribution in [0.1, 0.15) is 34.6 Å². The first-order valence-corrected chi connectivity index (χ1v) is 9.36. The third-order valence-electron chi connectivity index (χ3n) is 5.25. The lowest BCUT2D eigenvalue weighted by atomic mass is 9.91. The Morgan fingerprint density at radius 2 is 2.00 bits per heavy atom. The van der Waals surface area contributed by atoms with E-state index in [4.69, 9.17) is 0 Å². The zero-order chi connectivity index (χ0) is 18.8. The average Bonchev–Trinajstić information content (AvgIpc) is 3.30. The Balaban J connectivity index is 1.47. The molecule has 0 unspecified atom stereocenters. The van der Waals surface area contributed by atoms with Crippen molar-refractivity contribution >= 4 is 5.91 Å². The van der Waals surface area contributed by atoms with Gasteiger partial charge in [0, 0.05) is 44.4 Å². The molecule has 0 bridgehead atoms. The minimum Gasteiger partial charge on any atom is -0.338 e. The lowest BCUT2D eigenvalue weighted by Gasteiger charge is -2.32. The average molecular weight is 364 g/mol. The minimum absolute atomic E-state index is 0.0439. The van der Waals surface area contributed by atoms with Gasteiger partial charge < -0.3 is 4.90 Å². The predicted molar refractivity (Wildman–Crippen MR) is 102 cm³/mol. The van der Waals surface area contributed by atoms with Gasteiger partial charge >= 0.3 is 0 Å². The number of nitrogens with zero attached hydrogens (tertiary/aromatic N) is 6. The van der Waals surface area contributed by atoms with Gasteiger partial charge in [0.15, 0.2) is 5.82 Å². The van der Waals surface area contributed by atoms with E-state index in [2.05, 4.69) is 21.2 Å². The third-order valence-corrected chi connectivity index (χ3v) is 5.25. The van der Waals surface area contributed by atoms with Gasteiger partial charge in [-0.25, -0.2) is 9.36 Å². The molecule has 4 rings (SSSR count). The molecule has 0 radical (unpaired) electrons. The van der Waals surface area contributed by atoms with E-state index in [0.29, 0.717) is 11.5 Å². The summed E-state index contributed by atoms with van der Waals surface area (Å²) in [4.78, 5) is 19.6. The van der Waals surface area contributed by atoms with E-state index in [1.807, 2.05) is 49.5 Å².